The Morgan fingerprint density at radius 2 is 2.26 bits per heavy atom. The molecule has 5 nitrogen and oxygen atoms in total. The Morgan fingerprint density at radius 1 is 1.58 bits per heavy atom. The zero-order valence-corrected chi connectivity index (χ0v) is 11.8. The average molecular weight is 263 g/mol. The van der Waals surface area contributed by atoms with Gasteiger partial charge in [-0.3, -0.25) is 15.1 Å². The van der Waals surface area contributed by atoms with Gasteiger partial charge in [-0.1, -0.05) is 6.92 Å². The van der Waals surface area contributed by atoms with Gasteiger partial charge in [0.05, 0.1) is 10.6 Å². The Kier molecular flexibility index (Phi) is 3.58. The molecule has 1 heterocycles. The predicted molar refractivity (Wildman–Crippen MR) is 74.0 cm³/mol. The van der Waals surface area contributed by atoms with Crippen LogP contribution in [0.4, 0.5) is 5.69 Å². The van der Waals surface area contributed by atoms with E-state index in [-0.39, 0.29) is 16.1 Å². The quantitative estimate of drug-likeness (QED) is 0.671. The Bertz CT molecular complexity index is 516. The maximum Gasteiger partial charge on any atom is 0.278 e. The van der Waals surface area contributed by atoms with Crippen molar-refractivity contribution < 1.29 is 4.92 Å². The maximum absolute atomic E-state index is 11.1. The first-order valence-corrected chi connectivity index (χ1v) is 6.71. The molecule has 0 saturated heterocycles. The summed E-state index contributed by atoms with van der Waals surface area (Å²) >= 11 is 0. The van der Waals surface area contributed by atoms with E-state index in [4.69, 9.17) is 5.73 Å². The van der Waals surface area contributed by atoms with Crippen LogP contribution in [0, 0.1) is 29.9 Å². The van der Waals surface area contributed by atoms with E-state index in [1.807, 2.05) is 0 Å². The lowest BCUT2D eigenvalue weighted by Gasteiger charge is -2.24. The lowest BCUT2D eigenvalue weighted by atomic mass is 9.89. The number of nitrogens with zero attached hydrogens (tertiary/aromatic N) is 2. The molecule has 2 atom stereocenters. The SMILES string of the molecule is Cc1cnc(CC2(N)CCC(C)C2)c(C)c1[N+](=O)[O-]. The molecule has 0 bridgehead atoms. The fourth-order valence-corrected chi connectivity index (χ4v) is 3.15. The Balaban J connectivity index is 2.31. The van der Waals surface area contributed by atoms with Crippen molar-refractivity contribution in [1.82, 2.24) is 4.98 Å². The van der Waals surface area contributed by atoms with Crippen LogP contribution < -0.4 is 5.73 Å². The summed E-state index contributed by atoms with van der Waals surface area (Å²) in [5.74, 6) is 0.630. The van der Waals surface area contributed by atoms with Crippen LogP contribution in [0.15, 0.2) is 6.20 Å². The van der Waals surface area contributed by atoms with E-state index in [2.05, 4.69) is 11.9 Å². The van der Waals surface area contributed by atoms with Crippen LogP contribution >= 0.6 is 0 Å². The van der Waals surface area contributed by atoms with E-state index in [1.54, 1.807) is 20.0 Å². The zero-order valence-electron chi connectivity index (χ0n) is 11.8. The van der Waals surface area contributed by atoms with Gasteiger partial charge in [0.1, 0.15) is 0 Å². The fraction of sp³-hybridized carbons (Fsp3) is 0.643. The number of nitrogens with two attached hydrogens (primary N) is 1. The molecule has 2 N–H and O–H groups in total. The maximum atomic E-state index is 11.1. The minimum absolute atomic E-state index is 0.180. The third-order valence-electron chi connectivity index (χ3n) is 4.17. The first-order valence-electron chi connectivity index (χ1n) is 6.71. The second-order valence-electron chi connectivity index (χ2n) is 6.01. The Morgan fingerprint density at radius 3 is 2.79 bits per heavy atom. The number of rotatable bonds is 3. The third kappa shape index (κ3) is 2.76. The van der Waals surface area contributed by atoms with Gasteiger partial charge < -0.3 is 5.73 Å². The highest BCUT2D eigenvalue weighted by Crippen LogP contribution is 2.36. The molecule has 19 heavy (non-hydrogen) atoms. The van der Waals surface area contributed by atoms with Gasteiger partial charge in [-0.05, 0) is 39.0 Å². The summed E-state index contributed by atoms with van der Waals surface area (Å²) in [4.78, 5) is 15.2. The lowest BCUT2D eigenvalue weighted by molar-refractivity contribution is -0.386. The smallest absolute Gasteiger partial charge is 0.278 e. The molecular weight excluding hydrogens is 242 g/mol. The molecule has 1 aromatic heterocycles. The second kappa shape index (κ2) is 4.89. The molecule has 1 saturated carbocycles. The molecule has 2 rings (SSSR count). The number of nitro groups is 1. The number of hydrogen-bond acceptors (Lipinski definition) is 4. The highest BCUT2D eigenvalue weighted by atomic mass is 16.6. The van der Waals surface area contributed by atoms with Crippen molar-refractivity contribution in [2.45, 2.75) is 52.0 Å². The van der Waals surface area contributed by atoms with Crippen molar-refractivity contribution >= 4 is 5.69 Å². The molecule has 1 aliphatic carbocycles. The molecular formula is C14H21N3O2. The standard InChI is InChI=1S/C14H21N3O2/c1-9-4-5-14(15,6-9)7-12-11(3)13(17(18)19)10(2)8-16-12/h8-9H,4-7,15H2,1-3H3. The van der Waals surface area contributed by atoms with E-state index in [1.165, 1.54) is 0 Å². The Hall–Kier alpha value is -1.49. The van der Waals surface area contributed by atoms with Crippen LogP contribution in [0.5, 0.6) is 0 Å². The Labute approximate surface area is 113 Å². The normalized spacial score (nSPS) is 26.6. The van der Waals surface area contributed by atoms with Crippen molar-refractivity contribution in [3.05, 3.63) is 33.1 Å². The van der Waals surface area contributed by atoms with Crippen LogP contribution in [0.3, 0.4) is 0 Å². The highest BCUT2D eigenvalue weighted by Gasteiger charge is 2.35. The summed E-state index contributed by atoms with van der Waals surface area (Å²) in [7, 11) is 0. The topological polar surface area (TPSA) is 82.0 Å². The average Bonchev–Trinajstić information content (AvgIpc) is 2.63. The first-order chi connectivity index (χ1) is 8.82. The van der Waals surface area contributed by atoms with Crippen molar-refractivity contribution in [3.8, 4) is 0 Å². The van der Waals surface area contributed by atoms with Crippen LogP contribution in [-0.4, -0.2) is 15.4 Å². The van der Waals surface area contributed by atoms with E-state index in [0.717, 1.165) is 25.0 Å². The molecule has 0 amide bonds. The molecule has 1 aliphatic rings. The number of aromatic nitrogens is 1. The van der Waals surface area contributed by atoms with Crippen molar-refractivity contribution in [2.24, 2.45) is 11.7 Å². The predicted octanol–water partition coefficient (Wildman–Crippen LogP) is 2.67. The van der Waals surface area contributed by atoms with Crippen molar-refractivity contribution in [2.75, 3.05) is 0 Å². The molecule has 1 fully saturated rings. The van der Waals surface area contributed by atoms with Crippen molar-refractivity contribution in [3.63, 3.8) is 0 Å². The molecule has 0 spiro atoms. The minimum atomic E-state index is -0.323. The highest BCUT2D eigenvalue weighted by molar-refractivity contribution is 5.47. The minimum Gasteiger partial charge on any atom is -0.325 e. The number of hydrogen-bond donors (Lipinski definition) is 1. The summed E-state index contributed by atoms with van der Waals surface area (Å²) in [5, 5.41) is 11.1. The van der Waals surface area contributed by atoms with Crippen LogP contribution in [0.1, 0.15) is 43.0 Å². The van der Waals surface area contributed by atoms with Gasteiger partial charge in [0.15, 0.2) is 0 Å². The van der Waals surface area contributed by atoms with E-state index in [0.29, 0.717) is 23.5 Å². The summed E-state index contributed by atoms with van der Waals surface area (Å²) in [6, 6.07) is 0. The largest absolute Gasteiger partial charge is 0.325 e. The first kappa shape index (κ1) is 13.9. The fourth-order valence-electron chi connectivity index (χ4n) is 3.15. The molecule has 5 heteroatoms. The van der Waals surface area contributed by atoms with Gasteiger partial charge in [-0.25, -0.2) is 0 Å². The molecule has 0 aromatic carbocycles. The van der Waals surface area contributed by atoms with E-state index >= 15 is 0 Å². The van der Waals surface area contributed by atoms with Gasteiger partial charge in [0.25, 0.3) is 5.69 Å². The summed E-state index contributed by atoms with van der Waals surface area (Å²) in [6.45, 7) is 5.69. The monoisotopic (exact) mass is 263 g/mol. The van der Waals surface area contributed by atoms with Crippen LogP contribution in [0.2, 0.25) is 0 Å². The van der Waals surface area contributed by atoms with Crippen LogP contribution in [0.25, 0.3) is 0 Å². The zero-order chi connectivity index (χ0) is 14.2. The van der Waals surface area contributed by atoms with Gasteiger partial charge in [-0.15, -0.1) is 0 Å². The summed E-state index contributed by atoms with van der Waals surface area (Å²) < 4.78 is 0. The van der Waals surface area contributed by atoms with Gasteiger partial charge in [0.2, 0.25) is 0 Å². The molecule has 1 aromatic rings. The number of aryl methyl sites for hydroxylation is 1. The second-order valence-corrected chi connectivity index (χ2v) is 6.01. The third-order valence-corrected chi connectivity index (χ3v) is 4.17. The van der Waals surface area contributed by atoms with E-state index in [9.17, 15) is 10.1 Å². The molecule has 0 radical (unpaired) electrons. The van der Waals surface area contributed by atoms with Crippen molar-refractivity contribution in [1.29, 1.82) is 0 Å². The van der Waals surface area contributed by atoms with Gasteiger partial charge >= 0.3 is 0 Å². The summed E-state index contributed by atoms with van der Waals surface area (Å²) in [5.41, 5.74) is 8.38. The number of pyridine rings is 1. The summed E-state index contributed by atoms with van der Waals surface area (Å²) in [6.07, 6.45) is 5.28. The molecule has 104 valence electrons. The lowest BCUT2D eigenvalue weighted by Crippen LogP contribution is -2.39. The van der Waals surface area contributed by atoms with Crippen LogP contribution in [-0.2, 0) is 6.42 Å². The molecule has 0 aliphatic heterocycles. The van der Waals surface area contributed by atoms with E-state index < -0.39 is 0 Å². The van der Waals surface area contributed by atoms with Gasteiger partial charge in [-0.2, -0.15) is 0 Å². The molecule has 2 unspecified atom stereocenters. The van der Waals surface area contributed by atoms with Gasteiger partial charge in [0, 0.05) is 29.3 Å².